The lowest BCUT2D eigenvalue weighted by atomic mass is 10.1. The standard InChI is InChI=1S/C12H19NO5S/c14-11(2-1-3-12(15)16)13-8-6-9-4-5-10(7-8)19(9,17)18/h8-10H,1-7H2,(H,13,14)(H,15,16). The Hall–Kier alpha value is -1.11. The van der Waals surface area contributed by atoms with Crippen LogP contribution in [0.2, 0.25) is 0 Å². The lowest BCUT2D eigenvalue weighted by Gasteiger charge is -2.28. The number of hydrogen-bond donors (Lipinski definition) is 2. The number of nitrogens with one attached hydrogen (secondary N) is 1. The minimum atomic E-state index is -2.95. The van der Waals surface area contributed by atoms with E-state index in [1.165, 1.54) is 0 Å². The van der Waals surface area contributed by atoms with E-state index < -0.39 is 15.8 Å². The van der Waals surface area contributed by atoms with Crippen LogP contribution in [0.4, 0.5) is 0 Å². The van der Waals surface area contributed by atoms with Crippen LogP contribution < -0.4 is 5.32 Å². The molecule has 2 atom stereocenters. The number of sulfone groups is 1. The van der Waals surface area contributed by atoms with Crippen molar-refractivity contribution in [2.24, 2.45) is 0 Å². The van der Waals surface area contributed by atoms with Crippen LogP contribution >= 0.6 is 0 Å². The highest BCUT2D eigenvalue weighted by Crippen LogP contribution is 2.38. The fourth-order valence-corrected chi connectivity index (χ4v) is 5.50. The van der Waals surface area contributed by atoms with Crippen molar-refractivity contribution >= 4 is 21.7 Å². The number of carboxylic acids is 1. The molecule has 2 aliphatic rings. The van der Waals surface area contributed by atoms with Crippen LogP contribution in [-0.2, 0) is 19.4 Å². The average Bonchev–Trinajstić information content (AvgIpc) is 2.51. The Bertz CT molecular complexity index is 453. The molecule has 1 amide bonds. The number of aliphatic carboxylic acids is 1. The van der Waals surface area contributed by atoms with Gasteiger partial charge in [-0.25, -0.2) is 8.42 Å². The molecule has 19 heavy (non-hydrogen) atoms. The fourth-order valence-electron chi connectivity index (χ4n) is 3.03. The Morgan fingerprint density at radius 2 is 1.68 bits per heavy atom. The molecule has 2 saturated heterocycles. The van der Waals surface area contributed by atoms with Crippen LogP contribution in [0.15, 0.2) is 0 Å². The maximum absolute atomic E-state index is 11.9. The molecule has 2 unspecified atom stereocenters. The summed E-state index contributed by atoms with van der Waals surface area (Å²) in [4.78, 5) is 22.0. The zero-order valence-corrected chi connectivity index (χ0v) is 11.5. The van der Waals surface area contributed by atoms with Gasteiger partial charge in [-0.3, -0.25) is 9.59 Å². The molecule has 2 aliphatic heterocycles. The van der Waals surface area contributed by atoms with E-state index in [-0.39, 0.29) is 35.3 Å². The van der Waals surface area contributed by atoms with Gasteiger partial charge in [-0.1, -0.05) is 0 Å². The van der Waals surface area contributed by atoms with E-state index in [1.807, 2.05) is 0 Å². The number of carboxylic acid groups (broad SMARTS) is 1. The molecular formula is C12H19NO5S. The van der Waals surface area contributed by atoms with Gasteiger partial charge in [-0.15, -0.1) is 0 Å². The van der Waals surface area contributed by atoms with Crippen molar-refractivity contribution in [1.82, 2.24) is 5.32 Å². The van der Waals surface area contributed by atoms with Gasteiger partial charge in [-0.05, 0) is 32.1 Å². The molecule has 0 aliphatic carbocycles. The summed E-state index contributed by atoms with van der Waals surface area (Å²) in [6, 6.07) is -0.0710. The summed E-state index contributed by atoms with van der Waals surface area (Å²) in [6.07, 6.45) is 2.91. The molecule has 0 aromatic carbocycles. The predicted molar refractivity (Wildman–Crippen MR) is 68.4 cm³/mol. The average molecular weight is 289 g/mol. The van der Waals surface area contributed by atoms with Crippen molar-refractivity contribution in [2.45, 2.75) is 61.5 Å². The minimum Gasteiger partial charge on any atom is -0.481 e. The smallest absolute Gasteiger partial charge is 0.303 e. The van der Waals surface area contributed by atoms with Crippen molar-refractivity contribution in [3.05, 3.63) is 0 Å². The highest BCUT2D eigenvalue weighted by Gasteiger charge is 2.46. The predicted octanol–water partition coefficient (Wildman–Crippen LogP) is 0.466. The van der Waals surface area contributed by atoms with E-state index in [0.29, 0.717) is 32.1 Å². The van der Waals surface area contributed by atoms with Gasteiger partial charge >= 0.3 is 5.97 Å². The number of rotatable bonds is 5. The Balaban J connectivity index is 1.79. The number of hydrogen-bond acceptors (Lipinski definition) is 4. The molecule has 108 valence electrons. The lowest BCUT2D eigenvalue weighted by Crippen LogP contribution is -2.45. The Kier molecular flexibility index (Phi) is 4.13. The molecule has 2 rings (SSSR count). The summed E-state index contributed by atoms with van der Waals surface area (Å²) in [5, 5.41) is 10.7. The molecule has 0 aromatic rings. The molecule has 2 heterocycles. The van der Waals surface area contributed by atoms with Crippen molar-refractivity contribution in [3.63, 3.8) is 0 Å². The summed E-state index contributed by atoms with van der Waals surface area (Å²) in [5.41, 5.74) is 0. The Labute approximate surface area is 112 Å². The van der Waals surface area contributed by atoms with Gasteiger partial charge in [0, 0.05) is 18.9 Å². The first kappa shape index (κ1) is 14.3. The third-order valence-electron chi connectivity index (χ3n) is 3.99. The van der Waals surface area contributed by atoms with Crippen molar-refractivity contribution in [3.8, 4) is 0 Å². The number of amides is 1. The molecule has 0 saturated carbocycles. The second-order valence-electron chi connectivity index (χ2n) is 5.39. The number of fused-ring (bicyclic) bond motifs is 2. The third kappa shape index (κ3) is 3.26. The summed E-state index contributed by atoms with van der Waals surface area (Å²) < 4.78 is 23.8. The zero-order chi connectivity index (χ0) is 14.0. The van der Waals surface area contributed by atoms with Gasteiger partial charge in [0.15, 0.2) is 9.84 Å². The topological polar surface area (TPSA) is 101 Å². The lowest BCUT2D eigenvalue weighted by molar-refractivity contribution is -0.137. The molecule has 0 radical (unpaired) electrons. The van der Waals surface area contributed by atoms with Crippen LogP contribution in [0.1, 0.15) is 44.9 Å². The number of carbonyl (C=O) groups excluding carboxylic acids is 1. The van der Waals surface area contributed by atoms with Crippen LogP contribution in [0.3, 0.4) is 0 Å². The van der Waals surface area contributed by atoms with Crippen LogP contribution in [0.25, 0.3) is 0 Å². The first-order chi connectivity index (χ1) is 8.89. The van der Waals surface area contributed by atoms with E-state index >= 15 is 0 Å². The zero-order valence-electron chi connectivity index (χ0n) is 10.7. The van der Waals surface area contributed by atoms with E-state index in [9.17, 15) is 18.0 Å². The van der Waals surface area contributed by atoms with Gasteiger partial charge < -0.3 is 10.4 Å². The Morgan fingerprint density at radius 3 is 2.21 bits per heavy atom. The van der Waals surface area contributed by atoms with Crippen molar-refractivity contribution in [2.75, 3.05) is 0 Å². The van der Waals surface area contributed by atoms with Gasteiger partial charge in [0.1, 0.15) is 0 Å². The van der Waals surface area contributed by atoms with Crippen LogP contribution in [-0.4, -0.2) is 41.9 Å². The first-order valence-corrected chi connectivity index (χ1v) is 8.24. The van der Waals surface area contributed by atoms with Gasteiger partial charge in [-0.2, -0.15) is 0 Å². The SMILES string of the molecule is O=C(O)CCCC(=O)NC1CC2CCC(C1)S2(=O)=O. The van der Waals surface area contributed by atoms with Crippen molar-refractivity contribution in [1.29, 1.82) is 0 Å². The van der Waals surface area contributed by atoms with E-state index in [0.717, 1.165) is 0 Å². The summed E-state index contributed by atoms with van der Waals surface area (Å²) >= 11 is 0. The second-order valence-corrected chi connectivity index (χ2v) is 7.90. The van der Waals surface area contributed by atoms with Crippen molar-refractivity contribution < 1.29 is 23.1 Å². The van der Waals surface area contributed by atoms with Crippen LogP contribution in [0, 0.1) is 0 Å². The molecule has 6 nitrogen and oxygen atoms in total. The molecule has 0 aromatic heterocycles. The largest absolute Gasteiger partial charge is 0.481 e. The third-order valence-corrected chi connectivity index (χ3v) is 6.71. The highest BCUT2D eigenvalue weighted by molar-refractivity contribution is 7.93. The maximum Gasteiger partial charge on any atom is 0.303 e. The van der Waals surface area contributed by atoms with Crippen LogP contribution in [0.5, 0.6) is 0 Å². The summed E-state index contributed by atoms with van der Waals surface area (Å²) in [7, 11) is -2.95. The molecule has 0 spiro atoms. The minimum absolute atomic E-state index is 0.0162. The summed E-state index contributed by atoms with van der Waals surface area (Å²) in [6.45, 7) is 0. The fraction of sp³-hybridized carbons (Fsp3) is 0.833. The second kappa shape index (κ2) is 5.48. The molecular weight excluding hydrogens is 270 g/mol. The number of carbonyl (C=O) groups is 2. The van der Waals surface area contributed by atoms with E-state index in [4.69, 9.17) is 5.11 Å². The van der Waals surface area contributed by atoms with E-state index in [1.54, 1.807) is 0 Å². The normalized spacial score (nSPS) is 31.9. The molecule has 2 bridgehead atoms. The Morgan fingerprint density at radius 1 is 1.11 bits per heavy atom. The van der Waals surface area contributed by atoms with Gasteiger partial charge in [0.05, 0.1) is 10.5 Å². The van der Waals surface area contributed by atoms with E-state index in [2.05, 4.69) is 5.32 Å². The van der Waals surface area contributed by atoms with Gasteiger partial charge in [0.25, 0.3) is 0 Å². The maximum atomic E-state index is 11.9. The first-order valence-electron chi connectivity index (χ1n) is 6.63. The molecule has 2 N–H and O–H groups in total. The summed E-state index contributed by atoms with van der Waals surface area (Å²) in [5.74, 6) is -1.08. The molecule has 2 fully saturated rings. The quantitative estimate of drug-likeness (QED) is 0.766. The monoisotopic (exact) mass is 289 g/mol. The molecule has 7 heteroatoms. The van der Waals surface area contributed by atoms with Gasteiger partial charge in [0.2, 0.25) is 5.91 Å². The highest BCUT2D eigenvalue weighted by atomic mass is 32.2.